The third-order valence-electron chi connectivity index (χ3n) is 3.14. The summed E-state index contributed by atoms with van der Waals surface area (Å²) in [6.07, 6.45) is 0.202. The molecule has 0 aromatic heterocycles. The molecule has 0 amide bonds. The molecule has 5 heteroatoms. The summed E-state index contributed by atoms with van der Waals surface area (Å²) in [5, 5.41) is 2.85. The summed E-state index contributed by atoms with van der Waals surface area (Å²) < 4.78 is 53.0. The van der Waals surface area contributed by atoms with E-state index in [2.05, 4.69) is 5.32 Å². The van der Waals surface area contributed by atoms with Crippen molar-refractivity contribution in [2.45, 2.75) is 12.5 Å². The van der Waals surface area contributed by atoms with Gasteiger partial charge in [-0.3, -0.25) is 0 Å². The smallest absolute Gasteiger partial charge is 0.194 e. The summed E-state index contributed by atoms with van der Waals surface area (Å²) in [4.78, 5) is 0. The Morgan fingerprint density at radius 1 is 0.950 bits per heavy atom. The van der Waals surface area contributed by atoms with Gasteiger partial charge in [-0.2, -0.15) is 0 Å². The van der Waals surface area contributed by atoms with Crippen LogP contribution in [0.5, 0.6) is 0 Å². The van der Waals surface area contributed by atoms with E-state index in [1.165, 1.54) is 6.07 Å². The van der Waals surface area contributed by atoms with E-state index in [0.29, 0.717) is 5.56 Å². The monoisotopic (exact) mass is 283 g/mol. The number of likely N-dealkylation sites (N-methyl/N-ethyl adjacent to an activating group) is 1. The molecule has 1 unspecified atom stereocenters. The highest BCUT2D eigenvalue weighted by atomic mass is 19.2. The minimum Gasteiger partial charge on any atom is -0.313 e. The number of hydrogen-bond acceptors (Lipinski definition) is 1. The van der Waals surface area contributed by atoms with Crippen molar-refractivity contribution in [3.63, 3.8) is 0 Å². The van der Waals surface area contributed by atoms with Crippen LogP contribution in [0.15, 0.2) is 36.4 Å². The van der Waals surface area contributed by atoms with Crippen molar-refractivity contribution < 1.29 is 17.6 Å². The van der Waals surface area contributed by atoms with E-state index in [4.69, 9.17) is 0 Å². The molecule has 106 valence electrons. The van der Waals surface area contributed by atoms with Crippen LogP contribution in [0, 0.1) is 23.3 Å². The van der Waals surface area contributed by atoms with Gasteiger partial charge >= 0.3 is 0 Å². The summed E-state index contributed by atoms with van der Waals surface area (Å²) in [6, 6.07) is 7.46. The zero-order chi connectivity index (χ0) is 14.7. The van der Waals surface area contributed by atoms with E-state index in [1.807, 2.05) is 0 Å². The van der Waals surface area contributed by atoms with E-state index in [0.717, 1.165) is 12.1 Å². The molecule has 2 aromatic rings. The van der Waals surface area contributed by atoms with Crippen molar-refractivity contribution >= 4 is 0 Å². The molecule has 0 radical (unpaired) electrons. The molecule has 20 heavy (non-hydrogen) atoms. The first-order valence-corrected chi connectivity index (χ1v) is 6.08. The van der Waals surface area contributed by atoms with Gasteiger partial charge in [-0.05, 0) is 42.8 Å². The Labute approximate surface area is 114 Å². The molecule has 0 saturated heterocycles. The molecule has 0 spiro atoms. The van der Waals surface area contributed by atoms with E-state index in [1.54, 1.807) is 25.2 Å². The minimum absolute atomic E-state index is 0.202. The molecule has 1 atom stereocenters. The molecule has 0 saturated carbocycles. The second kappa shape index (κ2) is 6.05. The van der Waals surface area contributed by atoms with Crippen LogP contribution in [0.1, 0.15) is 17.2 Å². The number of rotatable bonds is 4. The van der Waals surface area contributed by atoms with Crippen LogP contribution in [0.2, 0.25) is 0 Å². The van der Waals surface area contributed by atoms with Gasteiger partial charge in [-0.25, -0.2) is 17.6 Å². The SMILES string of the molecule is CNC(Cc1ccccc1F)c1cc(F)c(F)c(F)c1. The lowest BCUT2D eigenvalue weighted by Crippen LogP contribution is -2.20. The van der Waals surface area contributed by atoms with Crippen LogP contribution in [-0.2, 0) is 6.42 Å². The first-order chi connectivity index (χ1) is 9.52. The van der Waals surface area contributed by atoms with Crippen molar-refractivity contribution in [1.29, 1.82) is 0 Å². The topological polar surface area (TPSA) is 12.0 Å². The molecule has 1 nitrogen and oxygen atoms in total. The van der Waals surface area contributed by atoms with Crippen LogP contribution in [0.3, 0.4) is 0 Å². The largest absolute Gasteiger partial charge is 0.313 e. The summed E-state index contributed by atoms with van der Waals surface area (Å²) in [5.41, 5.74) is 0.643. The number of hydrogen-bond donors (Lipinski definition) is 1. The molecular formula is C15H13F4N. The Morgan fingerprint density at radius 2 is 1.55 bits per heavy atom. The predicted molar refractivity (Wildman–Crippen MR) is 68.2 cm³/mol. The molecule has 1 N–H and O–H groups in total. The summed E-state index contributed by atoms with van der Waals surface area (Å²) in [5.74, 6) is -4.41. The van der Waals surface area contributed by atoms with Gasteiger partial charge in [0.25, 0.3) is 0 Å². The lowest BCUT2D eigenvalue weighted by atomic mass is 9.98. The van der Waals surface area contributed by atoms with Crippen molar-refractivity contribution in [3.8, 4) is 0 Å². The van der Waals surface area contributed by atoms with Crippen molar-refractivity contribution in [1.82, 2.24) is 5.32 Å². The van der Waals surface area contributed by atoms with Gasteiger partial charge in [0.05, 0.1) is 0 Å². The van der Waals surface area contributed by atoms with Gasteiger partial charge in [-0.15, -0.1) is 0 Å². The van der Waals surface area contributed by atoms with Gasteiger partial charge in [-0.1, -0.05) is 18.2 Å². The van der Waals surface area contributed by atoms with Gasteiger partial charge in [0, 0.05) is 6.04 Å². The quantitative estimate of drug-likeness (QED) is 0.665. The van der Waals surface area contributed by atoms with Gasteiger partial charge in [0.2, 0.25) is 0 Å². The van der Waals surface area contributed by atoms with Crippen LogP contribution in [0.25, 0.3) is 0 Å². The molecular weight excluding hydrogens is 270 g/mol. The maximum Gasteiger partial charge on any atom is 0.194 e. The third-order valence-corrected chi connectivity index (χ3v) is 3.14. The van der Waals surface area contributed by atoms with Gasteiger partial charge in [0.1, 0.15) is 5.82 Å². The highest BCUT2D eigenvalue weighted by Crippen LogP contribution is 2.23. The van der Waals surface area contributed by atoms with Gasteiger partial charge in [0.15, 0.2) is 17.5 Å². The number of nitrogens with one attached hydrogen (secondary N) is 1. The standard InChI is InChI=1S/C15H13F4N/c1-20-14(8-9-4-2-3-5-11(9)16)10-6-12(17)15(19)13(18)7-10/h2-7,14,20H,8H2,1H3. The zero-order valence-corrected chi connectivity index (χ0v) is 10.8. The van der Waals surface area contributed by atoms with E-state index < -0.39 is 29.3 Å². The molecule has 0 fully saturated rings. The average molecular weight is 283 g/mol. The van der Waals surface area contributed by atoms with E-state index >= 15 is 0 Å². The fourth-order valence-corrected chi connectivity index (χ4v) is 2.05. The maximum absolute atomic E-state index is 13.6. The molecule has 0 aliphatic rings. The lowest BCUT2D eigenvalue weighted by molar-refractivity contribution is 0.440. The number of benzene rings is 2. The fraction of sp³-hybridized carbons (Fsp3) is 0.200. The van der Waals surface area contributed by atoms with E-state index in [9.17, 15) is 17.6 Å². The van der Waals surface area contributed by atoms with Crippen molar-refractivity contribution in [2.75, 3.05) is 7.05 Å². The second-order valence-corrected chi connectivity index (χ2v) is 4.44. The Kier molecular flexibility index (Phi) is 4.39. The Bertz CT molecular complexity index is 590. The molecule has 0 aliphatic carbocycles. The Balaban J connectivity index is 2.31. The molecule has 0 bridgehead atoms. The van der Waals surface area contributed by atoms with Crippen LogP contribution in [0.4, 0.5) is 17.6 Å². The van der Waals surface area contributed by atoms with E-state index in [-0.39, 0.29) is 12.0 Å². The highest BCUT2D eigenvalue weighted by molar-refractivity contribution is 5.26. The summed E-state index contributed by atoms with van der Waals surface area (Å²) >= 11 is 0. The van der Waals surface area contributed by atoms with Crippen molar-refractivity contribution in [2.24, 2.45) is 0 Å². The third kappa shape index (κ3) is 2.99. The average Bonchev–Trinajstić information content (AvgIpc) is 2.43. The minimum atomic E-state index is -1.51. The summed E-state index contributed by atoms with van der Waals surface area (Å²) in [6.45, 7) is 0. The van der Waals surface area contributed by atoms with Crippen LogP contribution in [-0.4, -0.2) is 7.05 Å². The molecule has 0 aliphatic heterocycles. The molecule has 2 rings (SSSR count). The normalized spacial score (nSPS) is 12.4. The maximum atomic E-state index is 13.6. The molecule has 2 aromatic carbocycles. The first kappa shape index (κ1) is 14.5. The lowest BCUT2D eigenvalue weighted by Gasteiger charge is -2.17. The number of halogens is 4. The Morgan fingerprint density at radius 3 is 2.10 bits per heavy atom. The predicted octanol–water partition coefficient (Wildman–Crippen LogP) is 3.75. The highest BCUT2D eigenvalue weighted by Gasteiger charge is 2.17. The van der Waals surface area contributed by atoms with Gasteiger partial charge < -0.3 is 5.32 Å². The fourth-order valence-electron chi connectivity index (χ4n) is 2.05. The first-order valence-electron chi connectivity index (χ1n) is 6.08. The second-order valence-electron chi connectivity index (χ2n) is 4.44. The van der Waals surface area contributed by atoms with Crippen molar-refractivity contribution in [3.05, 3.63) is 70.8 Å². The zero-order valence-electron chi connectivity index (χ0n) is 10.8. The van der Waals surface area contributed by atoms with Crippen LogP contribution < -0.4 is 5.32 Å². The van der Waals surface area contributed by atoms with Crippen LogP contribution >= 0.6 is 0 Å². The molecule has 0 heterocycles. The Hall–Kier alpha value is -1.88. The summed E-state index contributed by atoms with van der Waals surface area (Å²) in [7, 11) is 1.59.